The molecule has 1 unspecified atom stereocenters. The van der Waals surface area contributed by atoms with Crippen molar-refractivity contribution in [2.75, 3.05) is 53.3 Å². The molecule has 0 aromatic carbocycles. The van der Waals surface area contributed by atoms with Crippen molar-refractivity contribution >= 4 is 40.2 Å². The lowest BCUT2D eigenvalue weighted by Crippen LogP contribution is -2.48. The van der Waals surface area contributed by atoms with Crippen LogP contribution in [0.25, 0.3) is 0 Å². The molecule has 27 heavy (non-hydrogen) atoms. The number of pyridine rings is 1. The van der Waals surface area contributed by atoms with E-state index in [0.29, 0.717) is 41.1 Å². The zero-order valence-electron chi connectivity index (χ0n) is 15.5. The average Bonchev–Trinajstić information content (AvgIpc) is 2.69. The van der Waals surface area contributed by atoms with Gasteiger partial charge in [-0.05, 0) is 6.07 Å². The van der Waals surface area contributed by atoms with Crippen LogP contribution in [-0.4, -0.2) is 90.3 Å². The maximum atomic E-state index is 12.4. The van der Waals surface area contributed by atoms with Crippen LogP contribution in [0.4, 0.5) is 0 Å². The highest BCUT2D eigenvalue weighted by Crippen LogP contribution is 2.15. The molecule has 0 spiro atoms. The molecule has 1 aliphatic heterocycles. The summed E-state index contributed by atoms with van der Waals surface area (Å²) in [5.41, 5.74) is 0.310. The van der Waals surface area contributed by atoms with E-state index >= 15 is 0 Å². The van der Waals surface area contributed by atoms with E-state index in [1.165, 1.54) is 31.3 Å². The zero-order chi connectivity index (χ0) is 19.8. The minimum atomic E-state index is -0.480. The molecule has 148 valence electrons. The summed E-state index contributed by atoms with van der Waals surface area (Å²) in [4.78, 5) is 31.4. The van der Waals surface area contributed by atoms with Gasteiger partial charge in [0.1, 0.15) is 22.8 Å². The summed E-state index contributed by atoms with van der Waals surface area (Å²) < 4.78 is 16.7. The number of rotatable bonds is 6. The maximum absolute atomic E-state index is 12.4. The third kappa shape index (κ3) is 6.64. The van der Waals surface area contributed by atoms with Crippen molar-refractivity contribution in [1.29, 1.82) is 0 Å². The van der Waals surface area contributed by atoms with E-state index in [0.717, 1.165) is 0 Å². The number of carbonyl (C=O) groups excluding carboxylic acids is 2. The van der Waals surface area contributed by atoms with E-state index in [1.807, 2.05) is 14.1 Å². The smallest absolute Gasteiger partial charge is 0.339 e. The number of morpholine rings is 1. The highest BCUT2D eigenvalue weighted by atomic mass is 32.2. The van der Waals surface area contributed by atoms with Crippen molar-refractivity contribution in [2.45, 2.75) is 6.10 Å². The second-order valence-electron chi connectivity index (χ2n) is 5.99. The molecular weight excluding hydrogens is 390 g/mol. The normalized spacial score (nSPS) is 16.6. The molecule has 0 aliphatic carbocycles. The molecule has 10 heteroatoms. The van der Waals surface area contributed by atoms with Crippen LogP contribution in [0, 0.1) is 0 Å². The first kappa shape index (κ1) is 21.4. The van der Waals surface area contributed by atoms with Crippen molar-refractivity contribution in [3.8, 4) is 5.75 Å². The van der Waals surface area contributed by atoms with E-state index in [4.69, 9.17) is 21.7 Å². The molecule has 0 N–H and O–H groups in total. The highest BCUT2D eigenvalue weighted by molar-refractivity contribution is 8.23. The van der Waals surface area contributed by atoms with Crippen LogP contribution in [0.3, 0.4) is 0 Å². The fourth-order valence-electron chi connectivity index (χ4n) is 2.31. The lowest BCUT2D eigenvalue weighted by molar-refractivity contribution is -0.137. The monoisotopic (exact) mass is 413 g/mol. The molecule has 2 rings (SSSR count). The molecule has 1 aromatic heterocycles. The van der Waals surface area contributed by atoms with Crippen LogP contribution in [0.1, 0.15) is 10.4 Å². The van der Waals surface area contributed by atoms with Crippen molar-refractivity contribution < 1.29 is 23.8 Å². The fraction of sp³-hybridized carbons (Fsp3) is 0.529. The number of aromatic nitrogens is 1. The Kier molecular flexibility index (Phi) is 8.26. The molecule has 0 bridgehead atoms. The number of hydrogen-bond donors (Lipinski definition) is 0. The van der Waals surface area contributed by atoms with Crippen molar-refractivity contribution in [1.82, 2.24) is 14.8 Å². The summed E-state index contributed by atoms with van der Waals surface area (Å²) in [6.07, 6.45) is 2.67. The van der Waals surface area contributed by atoms with E-state index < -0.39 is 5.97 Å². The Labute approximate surface area is 168 Å². The van der Waals surface area contributed by atoms with Gasteiger partial charge < -0.3 is 24.0 Å². The lowest BCUT2D eigenvalue weighted by Gasteiger charge is -2.33. The molecule has 0 radical (unpaired) electrons. The quantitative estimate of drug-likeness (QED) is 0.502. The van der Waals surface area contributed by atoms with E-state index in [-0.39, 0.29) is 18.6 Å². The van der Waals surface area contributed by atoms with Crippen LogP contribution in [0.2, 0.25) is 0 Å². The van der Waals surface area contributed by atoms with Crippen molar-refractivity contribution in [3.05, 3.63) is 24.0 Å². The van der Waals surface area contributed by atoms with Gasteiger partial charge in [-0.2, -0.15) is 0 Å². The molecule has 8 nitrogen and oxygen atoms in total. The molecule has 1 atom stereocenters. The minimum Gasteiger partial charge on any atom is -0.489 e. The number of thiocarbonyl (C=S) groups is 1. The van der Waals surface area contributed by atoms with Gasteiger partial charge in [-0.25, -0.2) is 4.79 Å². The molecule has 1 aliphatic rings. The fourth-order valence-corrected chi connectivity index (χ4v) is 3.17. The SMILES string of the molecule is COC(=O)c1cncc(OCC2CN(C(=O)CSC(=S)N(C)C)CCO2)c1. The number of methoxy groups -OCH3 is 1. The number of ether oxygens (including phenoxy) is 3. The van der Waals surface area contributed by atoms with Gasteiger partial charge >= 0.3 is 5.97 Å². The summed E-state index contributed by atoms with van der Waals surface area (Å²) in [6, 6.07) is 1.56. The predicted octanol–water partition coefficient (Wildman–Crippen LogP) is 1.05. The van der Waals surface area contributed by atoms with Crippen molar-refractivity contribution in [2.24, 2.45) is 0 Å². The van der Waals surface area contributed by atoms with Gasteiger partial charge in [0, 0.05) is 26.8 Å². The van der Waals surface area contributed by atoms with Crippen LogP contribution in [0.15, 0.2) is 18.5 Å². The first-order valence-electron chi connectivity index (χ1n) is 8.30. The van der Waals surface area contributed by atoms with Crippen LogP contribution in [-0.2, 0) is 14.3 Å². The lowest BCUT2D eigenvalue weighted by atomic mass is 10.2. The molecule has 1 fully saturated rings. The van der Waals surface area contributed by atoms with Gasteiger partial charge in [-0.15, -0.1) is 0 Å². The van der Waals surface area contributed by atoms with Crippen LogP contribution in [0.5, 0.6) is 5.75 Å². The Morgan fingerprint density at radius 1 is 1.44 bits per heavy atom. The van der Waals surface area contributed by atoms with Gasteiger partial charge in [-0.3, -0.25) is 9.78 Å². The zero-order valence-corrected chi connectivity index (χ0v) is 17.2. The summed E-state index contributed by atoms with van der Waals surface area (Å²) in [5, 5.41) is 0. The Morgan fingerprint density at radius 2 is 2.22 bits per heavy atom. The molecule has 0 saturated carbocycles. The standard InChI is InChI=1S/C17H23N3O5S2/c1-19(2)17(26)27-11-15(21)20-4-5-24-14(9-20)10-25-13-6-12(7-18-8-13)16(22)23-3/h6-8,14H,4-5,9-11H2,1-3H3. The maximum Gasteiger partial charge on any atom is 0.339 e. The largest absolute Gasteiger partial charge is 0.489 e. The number of hydrogen-bond acceptors (Lipinski definition) is 8. The third-order valence-electron chi connectivity index (χ3n) is 3.75. The van der Waals surface area contributed by atoms with Crippen LogP contribution >= 0.6 is 24.0 Å². The Balaban J connectivity index is 1.83. The third-order valence-corrected chi connectivity index (χ3v) is 5.47. The van der Waals surface area contributed by atoms with Gasteiger partial charge in [0.05, 0.1) is 37.8 Å². The van der Waals surface area contributed by atoms with E-state index in [9.17, 15) is 9.59 Å². The predicted molar refractivity (Wildman–Crippen MR) is 106 cm³/mol. The molecule has 1 saturated heterocycles. The van der Waals surface area contributed by atoms with Crippen LogP contribution < -0.4 is 4.74 Å². The second kappa shape index (κ2) is 10.4. The Morgan fingerprint density at radius 3 is 2.93 bits per heavy atom. The number of amides is 1. The topological polar surface area (TPSA) is 81.2 Å². The summed E-state index contributed by atoms with van der Waals surface area (Å²) in [6.45, 7) is 1.69. The molecule has 2 heterocycles. The first-order chi connectivity index (χ1) is 12.9. The Bertz CT molecular complexity index is 686. The average molecular weight is 414 g/mol. The number of nitrogens with zero attached hydrogens (tertiary/aromatic N) is 3. The van der Waals surface area contributed by atoms with Gasteiger partial charge in [0.2, 0.25) is 5.91 Å². The number of carbonyl (C=O) groups is 2. The second-order valence-corrected chi connectivity index (χ2v) is 7.60. The highest BCUT2D eigenvalue weighted by Gasteiger charge is 2.25. The van der Waals surface area contributed by atoms with Gasteiger partial charge in [-0.1, -0.05) is 24.0 Å². The summed E-state index contributed by atoms with van der Waals surface area (Å²) >= 11 is 6.54. The molecule has 1 aromatic rings. The van der Waals surface area contributed by atoms with E-state index in [1.54, 1.807) is 15.9 Å². The summed E-state index contributed by atoms with van der Waals surface area (Å²) in [5.74, 6) is 0.283. The number of esters is 1. The number of thioether (sulfide) groups is 1. The summed E-state index contributed by atoms with van der Waals surface area (Å²) in [7, 11) is 5.01. The van der Waals surface area contributed by atoms with Gasteiger partial charge in [0.15, 0.2) is 0 Å². The van der Waals surface area contributed by atoms with Crippen molar-refractivity contribution in [3.63, 3.8) is 0 Å². The minimum absolute atomic E-state index is 0.0202. The first-order valence-corrected chi connectivity index (χ1v) is 9.69. The molecule has 1 amide bonds. The Hall–Kier alpha value is -1.91. The van der Waals surface area contributed by atoms with Gasteiger partial charge in [0.25, 0.3) is 0 Å². The molecular formula is C17H23N3O5S2. The van der Waals surface area contributed by atoms with E-state index in [2.05, 4.69) is 9.72 Å².